The van der Waals surface area contributed by atoms with Gasteiger partial charge in [-0.05, 0) is 37.1 Å². The average molecular weight is 363 g/mol. The first kappa shape index (κ1) is 19.9. The minimum absolute atomic E-state index is 0.0353. The van der Waals surface area contributed by atoms with Gasteiger partial charge in [0.25, 0.3) is 5.91 Å². The van der Waals surface area contributed by atoms with Crippen LogP contribution in [0.3, 0.4) is 0 Å². The van der Waals surface area contributed by atoms with Gasteiger partial charge in [-0.15, -0.1) is 0 Å². The van der Waals surface area contributed by atoms with Crippen LogP contribution in [0.15, 0.2) is 24.3 Å². The summed E-state index contributed by atoms with van der Waals surface area (Å²) in [5, 5.41) is 5.58. The van der Waals surface area contributed by atoms with Gasteiger partial charge in [-0.3, -0.25) is 14.4 Å². The van der Waals surface area contributed by atoms with Gasteiger partial charge in [-0.2, -0.15) is 0 Å². The molecule has 1 saturated heterocycles. The molecule has 1 aliphatic rings. The molecule has 1 fully saturated rings. The molecular formula is C19H26FN3O3. The fraction of sp³-hybridized carbons (Fsp3) is 0.526. The normalized spacial score (nSPS) is 15.0. The Bertz CT molecular complexity index is 638. The molecule has 0 aliphatic carbocycles. The zero-order valence-electron chi connectivity index (χ0n) is 15.3. The molecule has 0 aromatic heterocycles. The molecule has 142 valence electrons. The molecule has 0 atom stereocenters. The molecule has 0 bridgehead atoms. The molecule has 7 heteroatoms. The van der Waals surface area contributed by atoms with E-state index in [-0.39, 0.29) is 35.4 Å². The molecule has 1 heterocycles. The van der Waals surface area contributed by atoms with Crippen molar-refractivity contribution in [2.45, 2.75) is 26.7 Å². The first-order chi connectivity index (χ1) is 12.4. The van der Waals surface area contributed by atoms with E-state index in [1.165, 1.54) is 24.3 Å². The van der Waals surface area contributed by atoms with E-state index < -0.39 is 0 Å². The Morgan fingerprint density at radius 2 is 1.65 bits per heavy atom. The molecule has 3 amide bonds. The van der Waals surface area contributed by atoms with Crippen LogP contribution in [-0.4, -0.2) is 48.8 Å². The second-order valence-corrected chi connectivity index (χ2v) is 6.81. The van der Waals surface area contributed by atoms with E-state index in [0.29, 0.717) is 44.6 Å². The Hall–Kier alpha value is -2.44. The molecule has 0 saturated carbocycles. The number of hydrogen-bond donors (Lipinski definition) is 2. The lowest BCUT2D eigenvalue weighted by Gasteiger charge is -2.31. The first-order valence-corrected chi connectivity index (χ1v) is 8.98. The summed E-state index contributed by atoms with van der Waals surface area (Å²) in [6, 6.07) is 5.49. The molecule has 1 aromatic carbocycles. The summed E-state index contributed by atoms with van der Waals surface area (Å²) in [5.41, 5.74) is 0.454. The Balaban J connectivity index is 1.72. The van der Waals surface area contributed by atoms with Crippen molar-refractivity contribution in [1.29, 1.82) is 0 Å². The molecule has 0 unspecified atom stereocenters. The standard InChI is InChI=1S/C19H26FN3O3/c1-13(2)17(24)21-9-10-22-18(25)14-7-11-23(12-8-14)19(26)15-3-5-16(20)6-4-15/h3-6,13-14H,7-12H2,1-2H3,(H,21,24)(H,22,25). The number of hydrogen-bond acceptors (Lipinski definition) is 3. The van der Waals surface area contributed by atoms with Gasteiger partial charge < -0.3 is 15.5 Å². The van der Waals surface area contributed by atoms with E-state index in [1.54, 1.807) is 4.90 Å². The van der Waals surface area contributed by atoms with E-state index in [1.807, 2.05) is 13.8 Å². The summed E-state index contributed by atoms with van der Waals surface area (Å²) in [6.45, 7) is 5.43. The van der Waals surface area contributed by atoms with Crippen molar-refractivity contribution < 1.29 is 18.8 Å². The molecule has 6 nitrogen and oxygen atoms in total. The van der Waals surface area contributed by atoms with Crippen molar-refractivity contribution in [2.24, 2.45) is 11.8 Å². The molecule has 2 N–H and O–H groups in total. The zero-order chi connectivity index (χ0) is 19.1. The lowest BCUT2D eigenvalue weighted by Crippen LogP contribution is -2.44. The quantitative estimate of drug-likeness (QED) is 0.753. The maximum atomic E-state index is 13.0. The number of nitrogens with zero attached hydrogens (tertiary/aromatic N) is 1. The van der Waals surface area contributed by atoms with Gasteiger partial charge in [0.2, 0.25) is 11.8 Å². The third-order valence-corrected chi connectivity index (χ3v) is 4.49. The molecule has 0 radical (unpaired) electrons. The van der Waals surface area contributed by atoms with Crippen molar-refractivity contribution in [3.05, 3.63) is 35.6 Å². The number of amides is 3. The van der Waals surface area contributed by atoms with Crippen molar-refractivity contribution in [3.63, 3.8) is 0 Å². The number of benzene rings is 1. The maximum absolute atomic E-state index is 13.0. The molecule has 1 aliphatic heterocycles. The SMILES string of the molecule is CC(C)C(=O)NCCNC(=O)C1CCN(C(=O)c2ccc(F)cc2)CC1. The molecule has 2 rings (SSSR count). The molecule has 0 spiro atoms. The lowest BCUT2D eigenvalue weighted by molar-refractivity contribution is -0.127. The van der Waals surface area contributed by atoms with Crippen LogP contribution in [0.25, 0.3) is 0 Å². The van der Waals surface area contributed by atoms with Gasteiger partial charge >= 0.3 is 0 Å². The topological polar surface area (TPSA) is 78.5 Å². The minimum Gasteiger partial charge on any atom is -0.354 e. The van der Waals surface area contributed by atoms with Crippen molar-refractivity contribution in [2.75, 3.05) is 26.2 Å². The van der Waals surface area contributed by atoms with Crippen LogP contribution in [0, 0.1) is 17.7 Å². The number of rotatable bonds is 6. The van der Waals surface area contributed by atoms with Gasteiger partial charge in [0, 0.05) is 43.6 Å². The van der Waals surface area contributed by atoms with Gasteiger partial charge in [-0.25, -0.2) is 4.39 Å². The highest BCUT2D eigenvalue weighted by atomic mass is 19.1. The summed E-state index contributed by atoms with van der Waals surface area (Å²) in [5.74, 6) is -0.798. The molecule has 1 aromatic rings. The summed E-state index contributed by atoms with van der Waals surface area (Å²) in [7, 11) is 0. The van der Waals surface area contributed by atoms with E-state index >= 15 is 0 Å². The highest BCUT2D eigenvalue weighted by Gasteiger charge is 2.27. The fourth-order valence-electron chi connectivity index (χ4n) is 2.84. The largest absolute Gasteiger partial charge is 0.354 e. The monoisotopic (exact) mass is 363 g/mol. The van der Waals surface area contributed by atoms with E-state index in [2.05, 4.69) is 10.6 Å². The lowest BCUT2D eigenvalue weighted by atomic mass is 9.95. The number of halogens is 1. The summed E-state index contributed by atoms with van der Waals surface area (Å²) in [6.07, 6.45) is 1.19. The Morgan fingerprint density at radius 3 is 2.23 bits per heavy atom. The van der Waals surface area contributed by atoms with Gasteiger partial charge in [-0.1, -0.05) is 13.8 Å². The van der Waals surface area contributed by atoms with E-state index in [9.17, 15) is 18.8 Å². The van der Waals surface area contributed by atoms with Crippen LogP contribution in [-0.2, 0) is 9.59 Å². The van der Waals surface area contributed by atoms with Crippen LogP contribution >= 0.6 is 0 Å². The highest BCUT2D eigenvalue weighted by molar-refractivity contribution is 5.94. The summed E-state index contributed by atoms with van der Waals surface area (Å²) < 4.78 is 13.0. The van der Waals surface area contributed by atoms with Crippen LogP contribution < -0.4 is 10.6 Å². The number of likely N-dealkylation sites (tertiary alicyclic amines) is 1. The van der Waals surface area contributed by atoms with Gasteiger partial charge in [0.15, 0.2) is 0 Å². The van der Waals surface area contributed by atoms with E-state index in [4.69, 9.17) is 0 Å². The smallest absolute Gasteiger partial charge is 0.253 e. The predicted octanol–water partition coefficient (Wildman–Crippen LogP) is 1.57. The van der Waals surface area contributed by atoms with Gasteiger partial charge in [0.1, 0.15) is 5.82 Å². The Morgan fingerprint density at radius 1 is 1.08 bits per heavy atom. The van der Waals surface area contributed by atoms with Crippen LogP contribution in [0.4, 0.5) is 4.39 Å². The number of carbonyl (C=O) groups excluding carboxylic acids is 3. The Labute approximate surface area is 153 Å². The fourth-order valence-corrected chi connectivity index (χ4v) is 2.84. The average Bonchev–Trinajstić information content (AvgIpc) is 2.65. The first-order valence-electron chi connectivity index (χ1n) is 8.98. The number of piperidine rings is 1. The third kappa shape index (κ3) is 5.54. The summed E-state index contributed by atoms with van der Waals surface area (Å²) >= 11 is 0. The zero-order valence-corrected chi connectivity index (χ0v) is 15.3. The number of carbonyl (C=O) groups is 3. The van der Waals surface area contributed by atoms with Crippen LogP contribution in [0.2, 0.25) is 0 Å². The van der Waals surface area contributed by atoms with E-state index in [0.717, 1.165) is 0 Å². The predicted molar refractivity (Wildman–Crippen MR) is 95.9 cm³/mol. The third-order valence-electron chi connectivity index (χ3n) is 4.49. The Kier molecular flexibility index (Phi) is 7.12. The maximum Gasteiger partial charge on any atom is 0.253 e. The molecule has 26 heavy (non-hydrogen) atoms. The minimum atomic E-state index is -0.374. The second-order valence-electron chi connectivity index (χ2n) is 6.81. The molecular weight excluding hydrogens is 337 g/mol. The number of nitrogens with one attached hydrogen (secondary N) is 2. The second kappa shape index (κ2) is 9.31. The van der Waals surface area contributed by atoms with Gasteiger partial charge in [0.05, 0.1) is 0 Å². The van der Waals surface area contributed by atoms with Crippen molar-refractivity contribution in [3.8, 4) is 0 Å². The van der Waals surface area contributed by atoms with Crippen molar-refractivity contribution in [1.82, 2.24) is 15.5 Å². The van der Waals surface area contributed by atoms with Crippen LogP contribution in [0.5, 0.6) is 0 Å². The summed E-state index contributed by atoms with van der Waals surface area (Å²) in [4.78, 5) is 37.7. The van der Waals surface area contributed by atoms with Crippen LogP contribution in [0.1, 0.15) is 37.0 Å². The highest BCUT2D eigenvalue weighted by Crippen LogP contribution is 2.19. The van der Waals surface area contributed by atoms with Crippen molar-refractivity contribution >= 4 is 17.7 Å².